The summed E-state index contributed by atoms with van der Waals surface area (Å²) in [6.45, 7) is 8.44. The fraction of sp³-hybridized carbons (Fsp3) is 0.692. The molecule has 5 nitrogen and oxygen atoms in total. The Kier molecular flexibility index (Phi) is 4.76. The highest BCUT2D eigenvalue weighted by atomic mass is 16.6. The third-order valence-electron chi connectivity index (χ3n) is 2.97. The monoisotopic (exact) mass is 255 g/mol. The van der Waals surface area contributed by atoms with E-state index in [9.17, 15) is 9.59 Å². The topological polar surface area (TPSA) is 55.8 Å². The lowest BCUT2D eigenvalue weighted by Gasteiger charge is -2.28. The van der Waals surface area contributed by atoms with Crippen LogP contribution in [-0.4, -0.2) is 35.7 Å². The van der Waals surface area contributed by atoms with Crippen LogP contribution in [0.25, 0.3) is 0 Å². The van der Waals surface area contributed by atoms with E-state index < -0.39 is 17.6 Å². The van der Waals surface area contributed by atoms with Crippen LogP contribution in [0.2, 0.25) is 0 Å². The molecule has 5 heteroatoms. The molecule has 1 aliphatic rings. The molecule has 0 aromatic carbocycles. The molecule has 0 aromatic heterocycles. The quantitative estimate of drug-likeness (QED) is 0.559. The summed E-state index contributed by atoms with van der Waals surface area (Å²) >= 11 is 0. The van der Waals surface area contributed by atoms with Gasteiger partial charge in [-0.05, 0) is 27.2 Å². The first kappa shape index (κ1) is 14.5. The van der Waals surface area contributed by atoms with Crippen molar-refractivity contribution in [2.24, 2.45) is 0 Å². The van der Waals surface area contributed by atoms with Crippen molar-refractivity contribution >= 4 is 12.1 Å². The number of carbonyl (C=O) groups is 2. The highest BCUT2D eigenvalue weighted by Gasteiger charge is 2.44. The van der Waals surface area contributed by atoms with Gasteiger partial charge in [-0.2, -0.15) is 0 Å². The van der Waals surface area contributed by atoms with Crippen LogP contribution in [-0.2, 0) is 14.3 Å². The van der Waals surface area contributed by atoms with Crippen LogP contribution < -0.4 is 0 Å². The Morgan fingerprint density at radius 1 is 1.44 bits per heavy atom. The molecule has 0 aromatic rings. The molecule has 0 atom stereocenters. The normalized spacial score (nSPS) is 20.1. The predicted molar refractivity (Wildman–Crippen MR) is 66.9 cm³/mol. The molecule has 1 heterocycles. The molecular formula is C13H21NO4. The number of cyclic esters (lactones) is 1. The fourth-order valence-corrected chi connectivity index (χ4v) is 1.82. The minimum atomic E-state index is -0.598. The van der Waals surface area contributed by atoms with Gasteiger partial charge in [-0.15, -0.1) is 0 Å². The van der Waals surface area contributed by atoms with Gasteiger partial charge in [0, 0.05) is 6.54 Å². The summed E-state index contributed by atoms with van der Waals surface area (Å²) in [5.41, 5.74) is -0.598. The van der Waals surface area contributed by atoms with Crippen LogP contribution in [0.1, 0.15) is 40.5 Å². The molecule has 0 radical (unpaired) electrons. The van der Waals surface area contributed by atoms with E-state index in [1.807, 2.05) is 13.8 Å². The van der Waals surface area contributed by atoms with Gasteiger partial charge >= 0.3 is 12.1 Å². The Bertz CT molecular complexity index is 360. The molecule has 1 aliphatic heterocycles. The lowest BCUT2D eigenvalue weighted by Crippen LogP contribution is -2.41. The minimum Gasteiger partial charge on any atom is -0.463 e. The molecular weight excluding hydrogens is 234 g/mol. The van der Waals surface area contributed by atoms with Crippen molar-refractivity contribution in [2.75, 3.05) is 13.2 Å². The standard InChI is InChI=1S/C13H21NO4/c1-5-7-8-14-12(16)18-10(13(14,3)4)9-11(15)17-6-2/h9H,5-8H2,1-4H3/b10-9+. The van der Waals surface area contributed by atoms with Crippen molar-refractivity contribution in [1.82, 2.24) is 4.90 Å². The van der Waals surface area contributed by atoms with Crippen molar-refractivity contribution in [3.63, 3.8) is 0 Å². The molecule has 0 aliphatic carbocycles. The summed E-state index contributed by atoms with van der Waals surface area (Å²) < 4.78 is 9.97. The number of unbranched alkanes of at least 4 members (excludes halogenated alkanes) is 1. The summed E-state index contributed by atoms with van der Waals surface area (Å²) in [4.78, 5) is 24.8. The number of rotatable bonds is 5. The number of carbonyl (C=O) groups excluding carboxylic acids is 2. The van der Waals surface area contributed by atoms with Gasteiger partial charge < -0.3 is 9.47 Å². The summed E-state index contributed by atoms with van der Waals surface area (Å²) in [5, 5.41) is 0. The maximum absolute atomic E-state index is 11.8. The summed E-state index contributed by atoms with van der Waals surface area (Å²) in [6, 6.07) is 0. The summed E-state index contributed by atoms with van der Waals surface area (Å²) in [7, 11) is 0. The van der Waals surface area contributed by atoms with Crippen LogP contribution in [0.3, 0.4) is 0 Å². The Hall–Kier alpha value is -1.52. The van der Waals surface area contributed by atoms with E-state index in [-0.39, 0.29) is 0 Å². The van der Waals surface area contributed by atoms with Gasteiger partial charge in [-0.25, -0.2) is 9.59 Å². The smallest absolute Gasteiger partial charge is 0.415 e. The van der Waals surface area contributed by atoms with Gasteiger partial charge in [0.25, 0.3) is 0 Å². The molecule has 1 saturated heterocycles. The van der Waals surface area contributed by atoms with E-state index >= 15 is 0 Å². The van der Waals surface area contributed by atoms with Crippen molar-refractivity contribution in [3.05, 3.63) is 11.8 Å². The van der Waals surface area contributed by atoms with E-state index in [4.69, 9.17) is 9.47 Å². The maximum Gasteiger partial charge on any atom is 0.415 e. The van der Waals surface area contributed by atoms with Crippen LogP contribution >= 0.6 is 0 Å². The van der Waals surface area contributed by atoms with Gasteiger partial charge in [0.15, 0.2) is 0 Å². The predicted octanol–water partition coefficient (Wildman–Crippen LogP) is 2.46. The van der Waals surface area contributed by atoms with Crippen molar-refractivity contribution in [3.8, 4) is 0 Å². The van der Waals surface area contributed by atoms with Crippen molar-refractivity contribution in [1.29, 1.82) is 0 Å². The maximum atomic E-state index is 11.8. The first-order valence-electron chi connectivity index (χ1n) is 6.31. The zero-order chi connectivity index (χ0) is 13.8. The molecule has 0 N–H and O–H groups in total. The first-order chi connectivity index (χ1) is 8.43. The van der Waals surface area contributed by atoms with Gasteiger partial charge in [0.2, 0.25) is 0 Å². The number of hydrogen-bond donors (Lipinski definition) is 0. The van der Waals surface area contributed by atoms with Crippen LogP contribution in [0.4, 0.5) is 4.79 Å². The summed E-state index contributed by atoms with van der Waals surface area (Å²) in [6.07, 6.45) is 2.76. The molecule has 0 spiro atoms. The molecule has 1 amide bonds. The first-order valence-corrected chi connectivity index (χ1v) is 6.31. The Morgan fingerprint density at radius 3 is 2.67 bits per heavy atom. The number of amides is 1. The van der Waals surface area contributed by atoms with Crippen LogP contribution in [0, 0.1) is 0 Å². The Morgan fingerprint density at radius 2 is 2.11 bits per heavy atom. The minimum absolute atomic E-state index is 0.302. The highest BCUT2D eigenvalue weighted by Crippen LogP contribution is 2.33. The van der Waals surface area contributed by atoms with E-state index in [1.54, 1.807) is 11.8 Å². The zero-order valence-electron chi connectivity index (χ0n) is 11.5. The summed E-state index contributed by atoms with van der Waals surface area (Å²) in [5.74, 6) is -0.132. The van der Waals surface area contributed by atoms with E-state index in [1.165, 1.54) is 6.08 Å². The molecule has 18 heavy (non-hydrogen) atoms. The molecule has 1 fully saturated rings. The lowest BCUT2D eigenvalue weighted by atomic mass is 10.0. The average molecular weight is 255 g/mol. The zero-order valence-corrected chi connectivity index (χ0v) is 11.5. The SMILES string of the molecule is CCCCN1C(=O)O/C(=C/C(=O)OCC)C1(C)C. The molecule has 0 unspecified atom stereocenters. The largest absolute Gasteiger partial charge is 0.463 e. The van der Waals surface area contributed by atoms with E-state index in [0.29, 0.717) is 18.9 Å². The Balaban J connectivity index is 2.84. The second-order valence-corrected chi connectivity index (χ2v) is 4.69. The van der Waals surface area contributed by atoms with Crippen molar-refractivity contribution in [2.45, 2.75) is 46.1 Å². The lowest BCUT2D eigenvalue weighted by molar-refractivity contribution is -0.137. The van der Waals surface area contributed by atoms with E-state index in [2.05, 4.69) is 6.92 Å². The number of esters is 1. The number of ether oxygens (including phenoxy) is 2. The fourth-order valence-electron chi connectivity index (χ4n) is 1.82. The molecule has 1 rings (SSSR count). The van der Waals surface area contributed by atoms with E-state index in [0.717, 1.165) is 12.8 Å². The van der Waals surface area contributed by atoms with Gasteiger partial charge in [-0.1, -0.05) is 13.3 Å². The van der Waals surface area contributed by atoms with Gasteiger partial charge in [-0.3, -0.25) is 4.90 Å². The van der Waals surface area contributed by atoms with Crippen LogP contribution in [0.5, 0.6) is 0 Å². The second kappa shape index (κ2) is 5.89. The van der Waals surface area contributed by atoms with Crippen molar-refractivity contribution < 1.29 is 19.1 Å². The third kappa shape index (κ3) is 3.03. The second-order valence-electron chi connectivity index (χ2n) is 4.69. The molecule has 0 saturated carbocycles. The van der Waals surface area contributed by atoms with Gasteiger partial charge in [0.1, 0.15) is 5.76 Å². The highest BCUT2D eigenvalue weighted by molar-refractivity contribution is 5.85. The third-order valence-corrected chi connectivity index (χ3v) is 2.97. The molecule has 102 valence electrons. The molecule has 0 bridgehead atoms. The Labute approximate surface area is 108 Å². The van der Waals surface area contributed by atoms with Gasteiger partial charge in [0.05, 0.1) is 18.2 Å². The van der Waals surface area contributed by atoms with Crippen LogP contribution in [0.15, 0.2) is 11.8 Å². The number of nitrogens with zero attached hydrogens (tertiary/aromatic N) is 1. The number of hydrogen-bond acceptors (Lipinski definition) is 4. The average Bonchev–Trinajstić information content (AvgIpc) is 2.48.